The highest BCUT2D eigenvalue weighted by Gasteiger charge is 2.30. The van der Waals surface area contributed by atoms with E-state index in [4.69, 9.17) is 0 Å². The number of alkyl halides is 3. The minimum absolute atomic E-state index is 0.102. The van der Waals surface area contributed by atoms with E-state index in [1.165, 1.54) is 13.0 Å². The zero-order valence-corrected chi connectivity index (χ0v) is 12.8. The molecule has 1 aromatic carbocycles. The lowest BCUT2D eigenvalue weighted by Gasteiger charge is -2.11. The van der Waals surface area contributed by atoms with Gasteiger partial charge in [-0.3, -0.25) is 24.3 Å². The molecule has 25 heavy (non-hydrogen) atoms. The molecule has 1 heterocycles. The fourth-order valence-corrected chi connectivity index (χ4v) is 2.10. The van der Waals surface area contributed by atoms with Crippen LogP contribution in [-0.4, -0.2) is 15.4 Å². The lowest BCUT2D eigenvalue weighted by Crippen LogP contribution is -2.27. The molecule has 0 aliphatic rings. The molecule has 0 atom stereocenters. The molecule has 1 amide bonds. The topological polar surface area (TPSA) is 94.2 Å². The minimum Gasteiger partial charge on any atom is -0.325 e. The van der Waals surface area contributed by atoms with Gasteiger partial charge in [0.2, 0.25) is 5.91 Å². The molecule has 0 spiro atoms. The molecular weight excluding hydrogens is 343 g/mol. The number of halogens is 3. The number of carbonyl (C=O) groups is 1. The molecule has 10 heteroatoms. The van der Waals surface area contributed by atoms with E-state index in [-0.39, 0.29) is 16.9 Å². The normalized spacial score (nSPS) is 11.2. The Bertz CT molecular complexity index is 890. The maximum Gasteiger partial charge on any atom is 0.416 e. The largest absolute Gasteiger partial charge is 0.416 e. The number of amides is 1. The van der Waals surface area contributed by atoms with Gasteiger partial charge in [0, 0.05) is 17.3 Å². The van der Waals surface area contributed by atoms with E-state index in [1.54, 1.807) is 0 Å². The van der Waals surface area contributed by atoms with Gasteiger partial charge in [-0.05, 0) is 25.1 Å². The van der Waals surface area contributed by atoms with Crippen molar-refractivity contribution in [3.63, 3.8) is 0 Å². The maximum absolute atomic E-state index is 12.6. The second-order valence-corrected chi connectivity index (χ2v) is 5.19. The van der Waals surface area contributed by atoms with Crippen LogP contribution in [0, 0.1) is 17.0 Å². The summed E-state index contributed by atoms with van der Waals surface area (Å²) in [6.45, 7) is 0.808. The number of nitro groups is 1. The quantitative estimate of drug-likeness (QED) is 0.674. The monoisotopic (exact) mass is 355 g/mol. The van der Waals surface area contributed by atoms with Crippen LogP contribution >= 0.6 is 0 Å². The summed E-state index contributed by atoms with van der Waals surface area (Å²) in [6, 6.07) is 4.99. The molecular formula is C15H12F3N3O4. The first-order valence-corrected chi connectivity index (χ1v) is 6.90. The Morgan fingerprint density at radius 2 is 2.00 bits per heavy atom. The first kappa shape index (κ1) is 18.2. The Morgan fingerprint density at radius 1 is 1.32 bits per heavy atom. The van der Waals surface area contributed by atoms with Crippen LogP contribution < -0.4 is 10.9 Å². The Hall–Kier alpha value is -3.17. The SMILES string of the molecule is Cc1cc(=O)n(CC(=O)Nc2cccc(C(F)(F)F)c2)cc1[N+](=O)[O-]. The van der Waals surface area contributed by atoms with Gasteiger partial charge in [0.1, 0.15) is 6.54 Å². The smallest absolute Gasteiger partial charge is 0.325 e. The second kappa shape index (κ2) is 6.75. The number of aromatic nitrogens is 1. The van der Waals surface area contributed by atoms with E-state index in [2.05, 4.69) is 5.32 Å². The average molecular weight is 355 g/mol. The molecule has 1 aromatic heterocycles. The minimum atomic E-state index is -4.56. The number of aryl methyl sites for hydroxylation is 1. The van der Waals surface area contributed by atoms with Gasteiger partial charge >= 0.3 is 6.18 Å². The summed E-state index contributed by atoms with van der Waals surface area (Å²) < 4.78 is 38.7. The first-order valence-electron chi connectivity index (χ1n) is 6.90. The van der Waals surface area contributed by atoms with E-state index in [9.17, 15) is 32.9 Å². The van der Waals surface area contributed by atoms with Crippen molar-refractivity contribution in [2.75, 3.05) is 5.32 Å². The van der Waals surface area contributed by atoms with E-state index < -0.39 is 34.7 Å². The molecule has 0 aliphatic carbocycles. The third-order valence-electron chi connectivity index (χ3n) is 3.29. The van der Waals surface area contributed by atoms with Crippen molar-refractivity contribution < 1.29 is 22.9 Å². The Kier molecular flexibility index (Phi) is 4.91. The molecule has 0 radical (unpaired) electrons. The number of pyridine rings is 1. The molecule has 132 valence electrons. The number of hydrogen-bond donors (Lipinski definition) is 1. The van der Waals surface area contributed by atoms with Gasteiger partial charge < -0.3 is 5.32 Å². The van der Waals surface area contributed by atoms with Crippen LogP contribution in [0.1, 0.15) is 11.1 Å². The van der Waals surface area contributed by atoms with Crippen LogP contribution in [0.3, 0.4) is 0 Å². The summed E-state index contributed by atoms with van der Waals surface area (Å²) in [5.74, 6) is -0.792. The number of benzene rings is 1. The Balaban J connectivity index is 2.20. The fraction of sp³-hybridized carbons (Fsp3) is 0.200. The van der Waals surface area contributed by atoms with Crippen LogP contribution in [0.4, 0.5) is 24.5 Å². The van der Waals surface area contributed by atoms with Gasteiger partial charge in [0.25, 0.3) is 11.2 Å². The van der Waals surface area contributed by atoms with E-state index in [0.29, 0.717) is 0 Å². The van der Waals surface area contributed by atoms with E-state index in [1.807, 2.05) is 0 Å². The molecule has 2 rings (SSSR count). The maximum atomic E-state index is 12.6. The van der Waals surface area contributed by atoms with Gasteiger partial charge in [-0.1, -0.05) is 6.07 Å². The molecule has 0 saturated carbocycles. The highest BCUT2D eigenvalue weighted by atomic mass is 19.4. The average Bonchev–Trinajstić information content (AvgIpc) is 2.49. The molecule has 0 unspecified atom stereocenters. The van der Waals surface area contributed by atoms with Crippen LogP contribution in [0.25, 0.3) is 0 Å². The van der Waals surface area contributed by atoms with Crippen molar-refractivity contribution >= 4 is 17.3 Å². The molecule has 2 aromatic rings. The summed E-state index contributed by atoms with van der Waals surface area (Å²) in [5, 5.41) is 13.1. The fourth-order valence-electron chi connectivity index (χ4n) is 2.10. The lowest BCUT2D eigenvalue weighted by molar-refractivity contribution is -0.385. The molecule has 0 aliphatic heterocycles. The standard InChI is InChI=1S/C15H12F3N3O4/c1-9-5-14(23)20(7-12(9)21(24)25)8-13(22)19-11-4-2-3-10(6-11)15(16,17)18/h2-7H,8H2,1H3,(H,19,22). The Morgan fingerprint density at radius 3 is 2.60 bits per heavy atom. The molecule has 1 N–H and O–H groups in total. The van der Waals surface area contributed by atoms with Crippen molar-refractivity contribution in [1.29, 1.82) is 0 Å². The number of hydrogen-bond acceptors (Lipinski definition) is 4. The summed E-state index contributed by atoms with van der Waals surface area (Å²) >= 11 is 0. The number of nitrogens with one attached hydrogen (secondary N) is 1. The predicted molar refractivity (Wildman–Crippen MR) is 82.2 cm³/mol. The number of carbonyl (C=O) groups excluding carboxylic acids is 1. The Labute approximate surface area is 138 Å². The summed E-state index contributed by atoms with van der Waals surface area (Å²) in [6.07, 6.45) is -3.64. The first-order chi connectivity index (χ1) is 11.6. The van der Waals surface area contributed by atoms with Crippen molar-refractivity contribution in [2.24, 2.45) is 0 Å². The van der Waals surface area contributed by atoms with Gasteiger partial charge in [0.05, 0.1) is 16.7 Å². The van der Waals surface area contributed by atoms with Gasteiger partial charge in [-0.2, -0.15) is 13.2 Å². The summed E-state index contributed by atoms with van der Waals surface area (Å²) in [7, 11) is 0. The highest BCUT2D eigenvalue weighted by molar-refractivity contribution is 5.90. The van der Waals surface area contributed by atoms with Crippen molar-refractivity contribution in [3.8, 4) is 0 Å². The van der Waals surface area contributed by atoms with E-state index >= 15 is 0 Å². The number of anilines is 1. The van der Waals surface area contributed by atoms with Gasteiger partial charge in [0.15, 0.2) is 0 Å². The predicted octanol–water partition coefficient (Wildman–Crippen LogP) is 2.72. The second-order valence-electron chi connectivity index (χ2n) is 5.19. The number of rotatable bonds is 4. The summed E-state index contributed by atoms with van der Waals surface area (Å²) in [5.41, 5.74) is -1.87. The molecule has 0 saturated heterocycles. The zero-order valence-electron chi connectivity index (χ0n) is 12.8. The van der Waals surface area contributed by atoms with Crippen LogP contribution in [0.15, 0.2) is 41.3 Å². The zero-order chi connectivity index (χ0) is 18.8. The van der Waals surface area contributed by atoms with Crippen LogP contribution in [0.2, 0.25) is 0 Å². The lowest BCUT2D eigenvalue weighted by atomic mass is 10.2. The third-order valence-corrected chi connectivity index (χ3v) is 3.29. The molecule has 0 fully saturated rings. The van der Waals surface area contributed by atoms with Crippen LogP contribution in [-0.2, 0) is 17.5 Å². The van der Waals surface area contributed by atoms with Crippen molar-refractivity contribution in [2.45, 2.75) is 19.6 Å². The molecule has 7 nitrogen and oxygen atoms in total. The summed E-state index contributed by atoms with van der Waals surface area (Å²) in [4.78, 5) is 33.9. The van der Waals surface area contributed by atoms with E-state index in [0.717, 1.165) is 35.0 Å². The van der Waals surface area contributed by atoms with Gasteiger partial charge in [-0.15, -0.1) is 0 Å². The van der Waals surface area contributed by atoms with Crippen LogP contribution in [0.5, 0.6) is 0 Å². The number of nitrogens with zero attached hydrogens (tertiary/aromatic N) is 2. The van der Waals surface area contributed by atoms with Crippen molar-refractivity contribution in [3.05, 3.63) is 68.1 Å². The van der Waals surface area contributed by atoms with Gasteiger partial charge in [-0.25, -0.2) is 0 Å². The molecule has 0 bridgehead atoms. The van der Waals surface area contributed by atoms with Crippen molar-refractivity contribution in [1.82, 2.24) is 4.57 Å². The third kappa shape index (κ3) is 4.43. The highest BCUT2D eigenvalue weighted by Crippen LogP contribution is 2.30.